The molecule has 0 aromatic carbocycles. The topological polar surface area (TPSA) is 102 Å². The van der Waals surface area contributed by atoms with E-state index >= 15 is 0 Å². The van der Waals surface area contributed by atoms with Gasteiger partial charge in [0.25, 0.3) is 0 Å². The number of likely N-dealkylation sites (N-methyl/N-ethyl adjacent to an activating group) is 1. The van der Waals surface area contributed by atoms with E-state index in [1.807, 2.05) is 12.2 Å². The van der Waals surface area contributed by atoms with E-state index in [2.05, 4.69) is 92.8 Å². The van der Waals surface area contributed by atoms with Crippen molar-refractivity contribution in [3.8, 4) is 0 Å². The number of hydrogen-bond acceptors (Lipinski definition) is 7. The van der Waals surface area contributed by atoms with E-state index < -0.39 is 24.1 Å². The Bertz CT molecular complexity index is 1220. The molecule has 0 amide bonds. The Balaban J connectivity index is 4.40. The first-order valence-electron chi connectivity index (χ1n) is 20.8. The van der Waals surface area contributed by atoms with Crippen LogP contribution in [0.25, 0.3) is 0 Å². The highest BCUT2D eigenvalue weighted by Crippen LogP contribution is 2.12. The van der Waals surface area contributed by atoms with Gasteiger partial charge >= 0.3 is 11.9 Å². The van der Waals surface area contributed by atoms with Crippen molar-refractivity contribution in [1.29, 1.82) is 0 Å². The number of carboxylic acids is 1. The van der Waals surface area contributed by atoms with Crippen LogP contribution in [-0.2, 0) is 28.6 Å². The van der Waals surface area contributed by atoms with Gasteiger partial charge in [0.15, 0.2) is 6.10 Å². The van der Waals surface area contributed by atoms with Gasteiger partial charge in [0.1, 0.15) is 12.6 Å². The Morgan fingerprint density at radius 2 is 1.02 bits per heavy atom. The number of carbonyl (C=O) groups excluding carboxylic acids is 3. The third kappa shape index (κ3) is 35.7. The highest BCUT2D eigenvalue weighted by Gasteiger charge is 2.25. The Kier molecular flexibility index (Phi) is 34.7. The number of esters is 2. The van der Waals surface area contributed by atoms with E-state index in [4.69, 9.17) is 14.2 Å². The number of aliphatic carboxylic acids is 1. The number of hydrogen-bond donors (Lipinski definition) is 0. The van der Waals surface area contributed by atoms with Crippen LogP contribution in [0.2, 0.25) is 0 Å². The van der Waals surface area contributed by atoms with E-state index in [1.54, 1.807) is 27.2 Å². The van der Waals surface area contributed by atoms with Crippen LogP contribution in [0.4, 0.5) is 0 Å². The molecular formula is C47H75NO7. The predicted molar refractivity (Wildman–Crippen MR) is 226 cm³/mol. The van der Waals surface area contributed by atoms with Gasteiger partial charge in [0.2, 0.25) is 0 Å². The molecule has 0 saturated heterocycles. The van der Waals surface area contributed by atoms with E-state index in [0.717, 1.165) is 89.9 Å². The zero-order valence-electron chi connectivity index (χ0n) is 35.0. The summed E-state index contributed by atoms with van der Waals surface area (Å²) in [5.41, 5.74) is 0. The summed E-state index contributed by atoms with van der Waals surface area (Å²) in [6, 6.07) is -0.744. The van der Waals surface area contributed by atoms with Crippen LogP contribution in [0.5, 0.6) is 0 Å². The first-order valence-corrected chi connectivity index (χ1v) is 20.8. The van der Waals surface area contributed by atoms with Gasteiger partial charge in [-0.2, -0.15) is 0 Å². The molecular weight excluding hydrogens is 691 g/mol. The summed E-state index contributed by atoms with van der Waals surface area (Å²) in [5, 5.41) is 11.6. The van der Waals surface area contributed by atoms with Crippen molar-refractivity contribution in [2.24, 2.45) is 0 Å². The Morgan fingerprint density at radius 3 is 1.51 bits per heavy atom. The largest absolute Gasteiger partial charge is 0.544 e. The molecule has 2 unspecified atom stereocenters. The predicted octanol–water partition coefficient (Wildman–Crippen LogP) is 9.79. The minimum absolute atomic E-state index is 0.000923. The highest BCUT2D eigenvalue weighted by atomic mass is 16.6. The Hall–Kier alpha value is -3.75. The van der Waals surface area contributed by atoms with Crippen molar-refractivity contribution >= 4 is 17.9 Å². The minimum atomic E-state index is -1.14. The maximum absolute atomic E-state index is 12.7. The first kappa shape index (κ1) is 51.2. The summed E-state index contributed by atoms with van der Waals surface area (Å²) in [7, 11) is 5.36. The molecule has 310 valence electrons. The third-order valence-corrected chi connectivity index (χ3v) is 8.50. The van der Waals surface area contributed by atoms with Crippen molar-refractivity contribution in [2.45, 2.75) is 142 Å². The summed E-state index contributed by atoms with van der Waals surface area (Å²) in [5.74, 6) is -1.92. The second-order valence-electron chi connectivity index (χ2n) is 14.5. The fraction of sp³-hybridized carbons (Fsp3) is 0.596. The van der Waals surface area contributed by atoms with Crippen molar-refractivity contribution in [1.82, 2.24) is 0 Å². The normalized spacial score (nSPS) is 14.0. The molecule has 0 spiro atoms. The molecule has 0 rings (SSSR count). The molecule has 0 radical (unpaired) electrons. The molecule has 8 nitrogen and oxygen atoms in total. The molecule has 0 heterocycles. The van der Waals surface area contributed by atoms with Gasteiger partial charge in [-0.15, -0.1) is 0 Å². The molecule has 0 aliphatic rings. The highest BCUT2D eigenvalue weighted by molar-refractivity contribution is 5.71. The van der Waals surface area contributed by atoms with Crippen LogP contribution < -0.4 is 5.11 Å². The van der Waals surface area contributed by atoms with Crippen LogP contribution in [0, 0.1) is 0 Å². The fourth-order valence-electron chi connectivity index (χ4n) is 5.33. The van der Waals surface area contributed by atoms with Gasteiger partial charge in [0, 0.05) is 12.8 Å². The fourth-order valence-corrected chi connectivity index (χ4v) is 5.33. The maximum atomic E-state index is 12.7. The van der Waals surface area contributed by atoms with Crippen LogP contribution in [0.1, 0.15) is 129 Å². The first-order chi connectivity index (χ1) is 26.6. The Morgan fingerprint density at radius 1 is 0.564 bits per heavy atom. The molecule has 0 bridgehead atoms. The summed E-state index contributed by atoms with van der Waals surface area (Å²) < 4.78 is 17.0. The van der Waals surface area contributed by atoms with Gasteiger partial charge in [0.05, 0.1) is 46.7 Å². The van der Waals surface area contributed by atoms with E-state index in [1.165, 1.54) is 6.42 Å². The summed E-state index contributed by atoms with van der Waals surface area (Å²) in [4.78, 5) is 36.6. The molecule has 0 aromatic rings. The standard InChI is InChI=1S/C47H75NO7/c1-6-8-10-12-14-16-17-18-19-20-21-22-23-24-25-26-27-28-30-32-34-36-38-46(50)55-43(41-53-40-39-44(47(51)52)48(3,4)5)42-54-45(49)37-35-33-31-29-15-13-11-9-7-2/h8-11,14-16,18-19,21-22,24-25,29,33,35,43-44H,6-7,12-13,17,20,23,26-28,30-32,34,36-42H2,1-5H3/b10-8+,11-9+,16-14+,19-18+,22-21+,25-24+,29-15+,35-33+. The van der Waals surface area contributed by atoms with Crippen molar-refractivity contribution in [3.63, 3.8) is 0 Å². The number of rotatable bonds is 35. The number of unbranched alkanes of at least 4 members (excludes halogenated alkanes) is 6. The van der Waals surface area contributed by atoms with E-state index in [-0.39, 0.29) is 49.5 Å². The number of ether oxygens (including phenoxy) is 3. The lowest BCUT2D eigenvalue weighted by Gasteiger charge is -2.34. The van der Waals surface area contributed by atoms with Gasteiger partial charge in [-0.25, -0.2) is 0 Å². The second-order valence-corrected chi connectivity index (χ2v) is 14.5. The minimum Gasteiger partial charge on any atom is -0.544 e. The quantitative estimate of drug-likeness (QED) is 0.0274. The smallest absolute Gasteiger partial charge is 0.309 e. The lowest BCUT2D eigenvalue weighted by Crippen LogP contribution is -2.55. The van der Waals surface area contributed by atoms with Crippen molar-refractivity contribution in [2.75, 3.05) is 41.0 Å². The molecule has 0 aliphatic heterocycles. The van der Waals surface area contributed by atoms with Gasteiger partial charge < -0.3 is 28.6 Å². The SMILES string of the molecule is CC/C=C/C/C=C/C/C=C/C/C=C/C/C=C/CCCCCCCCC(=O)OC(COCCC(C(=O)[O-])[N+](C)(C)C)COC(=O)C/C=C/C/C=C/C/C=C/CC. The van der Waals surface area contributed by atoms with Crippen LogP contribution >= 0.6 is 0 Å². The molecule has 0 N–H and O–H groups in total. The lowest BCUT2D eigenvalue weighted by atomic mass is 10.1. The molecule has 0 aliphatic carbocycles. The van der Waals surface area contributed by atoms with Gasteiger partial charge in [-0.3, -0.25) is 9.59 Å². The van der Waals surface area contributed by atoms with E-state index in [9.17, 15) is 19.5 Å². The molecule has 0 aromatic heterocycles. The number of carbonyl (C=O) groups is 3. The number of carboxylic acid groups (broad SMARTS) is 1. The van der Waals surface area contributed by atoms with Crippen LogP contribution in [0.15, 0.2) is 97.2 Å². The van der Waals surface area contributed by atoms with Crippen molar-refractivity contribution in [3.05, 3.63) is 97.2 Å². The molecule has 8 heteroatoms. The molecule has 0 saturated carbocycles. The maximum Gasteiger partial charge on any atom is 0.309 e. The third-order valence-electron chi connectivity index (χ3n) is 8.50. The zero-order valence-corrected chi connectivity index (χ0v) is 35.0. The average Bonchev–Trinajstić information content (AvgIpc) is 3.14. The zero-order chi connectivity index (χ0) is 40.7. The molecule has 2 atom stereocenters. The molecule has 0 fully saturated rings. The number of allylic oxidation sites excluding steroid dienone is 15. The summed E-state index contributed by atoms with van der Waals surface area (Å²) in [6.07, 6.45) is 49.0. The average molecular weight is 766 g/mol. The van der Waals surface area contributed by atoms with Crippen molar-refractivity contribution < 1.29 is 38.2 Å². The van der Waals surface area contributed by atoms with Gasteiger partial charge in [-0.05, 0) is 70.6 Å². The Labute approximate surface area is 335 Å². The monoisotopic (exact) mass is 766 g/mol. The summed E-state index contributed by atoms with van der Waals surface area (Å²) in [6.45, 7) is 4.27. The van der Waals surface area contributed by atoms with Crippen LogP contribution in [0.3, 0.4) is 0 Å². The van der Waals surface area contributed by atoms with E-state index in [0.29, 0.717) is 0 Å². The second kappa shape index (κ2) is 37.2. The lowest BCUT2D eigenvalue weighted by molar-refractivity contribution is -0.889. The number of nitrogens with zero attached hydrogens (tertiary/aromatic N) is 1. The van der Waals surface area contributed by atoms with Gasteiger partial charge in [-0.1, -0.05) is 137 Å². The summed E-state index contributed by atoms with van der Waals surface area (Å²) >= 11 is 0. The van der Waals surface area contributed by atoms with Crippen LogP contribution in [-0.4, -0.2) is 75.5 Å². The number of quaternary nitrogens is 1. The molecule has 55 heavy (non-hydrogen) atoms.